The van der Waals surface area contributed by atoms with Crippen molar-refractivity contribution in [2.75, 3.05) is 5.32 Å². The van der Waals surface area contributed by atoms with Gasteiger partial charge < -0.3 is 20.5 Å². The number of hydrogen-bond donors (Lipinski definition) is 2. The number of fused-ring (bicyclic) bond motifs is 1. The molecule has 2 atom stereocenters. The molecule has 0 saturated heterocycles. The summed E-state index contributed by atoms with van der Waals surface area (Å²) in [7, 11) is 0. The number of benzene rings is 1. The zero-order chi connectivity index (χ0) is 14.3. The summed E-state index contributed by atoms with van der Waals surface area (Å²) in [5.74, 6) is -0.410. The zero-order valence-corrected chi connectivity index (χ0v) is 11.8. The smallest absolute Gasteiger partial charge is 0.395 e. The average molecular weight is 321 g/mol. The number of nitrogens with two attached hydrogens (primary N) is 1. The molecule has 116 valence electrons. The van der Waals surface area contributed by atoms with Gasteiger partial charge in [0.2, 0.25) is 5.91 Å². The van der Waals surface area contributed by atoms with Crippen LogP contribution in [-0.2, 0) is 4.79 Å². The van der Waals surface area contributed by atoms with Gasteiger partial charge in [0.25, 0.3) is 0 Å². The second-order valence-corrected chi connectivity index (χ2v) is 5.09. The lowest BCUT2D eigenvalue weighted by Crippen LogP contribution is -2.26. The van der Waals surface area contributed by atoms with Gasteiger partial charge in [0.1, 0.15) is 0 Å². The molecule has 1 aromatic carbocycles. The van der Waals surface area contributed by atoms with Gasteiger partial charge in [0.15, 0.2) is 11.5 Å². The molecule has 0 aromatic heterocycles. The summed E-state index contributed by atoms with van der Waals surface area (Å²) in [4.78, 5) is 12.0. The maximum atomic E-state index is 12.9. The Morgan fingerprint density at radius 1 is 1.29 bits per heavy atom. The maximum absolute atomic E-state index is 12.9. The lowest BCUT2D eigenvalue weighted by Gasteiger charge is -2.11. The van der Waals surface area contributed by atoms with Crippen molar-refractivity contribution >= 4 is 24.0 Å². The number of ether oxygens (including phenoxy) is 2. The third kappa shape index (κ3) is 3.36. The first-order chi connectivity index (χ1) is 9.43. The predicted octanol–water partition coefficient (Wildman–Crippen LogP) is 2.50. The second-order valence-electron chi connectivity index (χ2n) is 5.09. The van der Waals surface area contributed by atoms with Crippen molar-refractivity contribution in [3.05, 3.63) is 18.2 Å². The summed E-state index contributed by atoms with van der Waals surface area (Å²) in [5, 5.41) is 2.69. The highest BCUT2D eigenvalue weighted by atomic mass is 35.5. The van der Waals surface area contributed by atoms with Gasteiger partial charge in [0.05, 0.1) is 0 Å². The van der Waals surface area contributed by atoms with Gasteiger partial charge in [-0.15, -0.1) is 21.2 Å². The summed E-state index contributed by atoms with van der Waals surface area (Å²) in [5.41, 5.74) is 6.16. The average Bonchev–Trinajstić information content (AvgIpc) is 2.90. The molecular formula is C13H15ClF2N2O3. The first kappa shape index (κ1) is 15.8. The molecule has 21 heavy (non-hydrogen) atoms. The van der Waals surface area contributed by atoms with Crippen molar-refractivity contribution in [1.82, 2.24) is 0 Å². The fourth-order valence-electron chi connectivity index (χ4n) is 2.53. The minimum atomic E-state index is -3.65. The van der Waals surface area contributed by atoms with Crippen LogP contribution in [0.4, 0.5) is 14.5 Å². The van der Waals surface area contributed by atoms with Gasteiger partial charge in [-0.3, -0.25) is 4.79 Å². The van der Waals surface area contributed by atoms with Crippen LogP contribution in [0.3, 0.4) is 0 Å². The van der Waals surface area contributed by atoms with Crippen LogP contribution in [0.1, 0.15) is 19.3 Å². The third-order valence-corrected chi connectivity index (χ3v) is 3.51. The summed E-state index contributed by atoms with van der Waals surface area (Å²) >= 11 is 0. The van der Waals surface area contributed by atoms with Crippen LogP contribution in [0, 0.1) is 5.92 Å². The van der Waals surface area contributed by atoms with Crippen LogP contribution in [-0.4, -0.2) is 18.2 Å². The fraction of sp³-hybridized carbons (Fsp3) is 0.462. The topological polar surface area (TPSA) is 73.6 Å². The number of hydrogen-bond acceptors (Lipinski definition) is 4. The molecule has 1 aliphatic heterocycles. The van der Waals surface area contributed by atoms with E-state index in [0.717, 1.165) is 12.8 Å². The molecule has 1 fully saturated rings. The molecule has 5 nitrogen and oxygen atoms in total. The van der Waals surface area contributed by atoms with Gasteiger partial charge in [-0.05, 0) is 31.4 Å². The predicted molar refractivity (Wildman–Crippen MR) is 73.8 cm³/mol. The van der Waals surface area contributed by atoms with Crippen molar-refractivity contribution in [3.8, 4) is 11.5 Å². The number of alkyl halides is 2. The van der Waals surface area contributed by atoms with Crippen molar-refractivity contribution in [2.45, 2.75) is 31.6 Å². The van der Waals surface area contributed by atoms with Crippen LogP contribution in [0.5, 0.6) is 11.5 Å². The molecule has 1 amide bonds. The lowest BCUT2D eigenvalue weighted by molar-refractivity contribution is -0.286. The molecule has 1 aliphatic carbocycles. The minimum Gasteiger partial charge on any atom is -0.395 e. The number of anilines is 1. The number of nitrogens with one attached hydrogen (secondary N) is 1. The van der Waals surface area contributed by atoms with Gasteiger partial charge in [-0.2, -0.15) is 0 Å². The highest BCUT2D eigenvalue weighted by molar-refractivity contribution is 5.93. The van der Waals surface area contributed by atoms with E-state index < -0.39 is 6.29 Å². The van der Waals surface area contributed by atoms with Crippen molar-refractivity contribution in [3.63, 3.8) is 0 Å². The number of amides is 1. The zero-order valence-electron chi connectivity index (χ0n) is 11.0. The Labute approximate surface area is 126 Å². The van der Waals surface area contributed by atoms with Gasteiger partial charge in [-0.25, -0.2) is 0 Å². The monoisotopic (exact) mass is 320 g/mol. The summed E-state index contributed by atoms with van der Waals surface area (Å²) in [6, 6.07) is 4.22. The molecule has 0 radical (unpaired) electrons. The van der Waals surface area contributed by atoms with Crippen LogP contribution in [0.25, 0.3) is 0 Å². The Morgan fingerprint density at radius 2 is 2.00 bits per heavy atom. The van der Waals surface area contributed by atoms with E-state index >= 15 is 0 Å². The standard InChI is InChI=1S/C13H14F2N2O3.ClH/c14-13(15)19-10-4-3-9(6-11(10)20-13)17-12(18)7-1-2-8(16)5-7;/h3-4,6-8H,1-2,5,16H2,(H,17,18);1H. The van der Waals surface area contributed by atoms with Gasteiger partial charge >= 0.3 is 6.29 Å². The highest BCUT2D eigenvalue weighted by Crippen LogP contribution is 2.42. The SMILES string of the molecule is Cl.NC1CCC(C(=O)Nc2ccc3c(c2)OC(F)(F)O3)C1. The molecule has 0 spiro atoms. The third-order valence-electron chi connectivity index (χ3n) is 3.51. The Kier molecular flexibility index (Phi) is 4.25. The van der Waals surface area contributed by atoms with Crippen LogP contribution >= 0.6 is 12.4 Å². The Morgan fingerprint density at radius 3 is 2.67 bits per heavy atom. The molecule has 1 heterocycles. The number of carbonyl (C=O) groups is 1. The lowest BCUT2D eigenvalue weighted by atomic mass is 10.1. The normalized spacial score (nSPS) is 25.3. The largest absolute Gasteiger partial charge is 0.586 e. The molecule has 3 rings (SSSR count). The Balaban J connectivity index is 0.00000161. The second kappa shape index (κ2) is 5.65. The molecule has 8 heteroatoms. The van der Waals surface area contributed by atoms with Crippen molar-refractivity contribution in [1.29, 1.82) is 0 Å². The quantitative estimate of drug-likeness (QED) is 0.878. The maximum Gasteiger partial charge on any atom is 0.586 e. The summed E-state index contributed by atoms with van der Waals surface area (Å²) in [6.45, 7) is 0. The molecule has 1 aromatic rings. The van der Waals surface area contributed by atoms with E-state index in [4.69, 9.17) is 5.73 Å². The van der Waals surface area contributed by atoms with E-state index in [0.29, 0.717) is 12.1 Å². The first-order valence-electron chi connectivity index (χ1n) is 6.39. The Bertz CT molecular complexity index is 556. The van der Waals surface area contributed by atoms with E-state index in [1.165, 1.54) is 18.2 Å². The van der Waals surface area contributed by atoms with Gasteiger partial charge in [-0.1, -0.05) is 0 Å². The van der Waals surface area contributed by atoms with Crippen molar-refractivity contribution < 1.29 is 23.0 Å². The van der Waals surface area contributed by atoms with E-state index in [1.54, 1.807) is 0 Å². The van der Waals surface area contributed by atoms with E-state index in [-0.39, 0.29) is 41.8 Å². The molecule has 2 aliphatic rings. The number of halogens is 3. The van der Waals surface area contributed by atoms with Crippen LogP contribution < -0.4 is 20.5 Å². The number of rotatable bonds is 2. The fourth-order valence-corrected chi connectivity index (χ4v) is 2.53. The van der Waals surface area contributed by atoms with Gasteiger partial charge in [0, 0.05) is 23.7 Å². The molecule has 1 saturated carbocycles. The van der Waals surface area contributed by atoms with Crippen LogP contribution in [0.15, 0.2) is 18.2 Å². The molecule has 3 N–H and O–H groups in total. The summed E-state index contributed by atoms with van der Waals surface area (Å²) < 4.78 is 34.4. The van der Waals surface area contributed by atoms with E-state index in [1.807, 2.05) is 0 Å². The molecular weight excluding hydrogens is 306 g/mol. The van der Waals surface area contributed by atoms with Crippen LogP contribution in [0.2, 0.25) is 0 Å². The molecule has 2 unspecified atom stereocenters. The Hall–Kier alpha value is -1.60. The minimum absolute atomic E-state index is 0. The van der Waals surface area contributed by atoms with E-state index in [9.17, 15) is 13.6 Å². The number of carbonyl (C=O) groups excluding carboxylic acids is 1. The summed E-state index contributed by atoms with van der Waals surface area (Å²) in [6.07, 6.45) is -1.43. The molecule has 0 bridgehead atoms. The first-order valence-corrected chi connectivity index (χ1v) is 6.39. The van der Waals surface area contributed by atoms with E-state index in [2.05, 4.69) is 14.8 Å². The highest BCUT2D eigenvalue weighted by Gasteiger charge is 2.43. The van der Waals surface area contributed by atoms with Crippen molar-refractivity contribution in [2.24, 2.45) is 11.7 Å².